The minimum absolute atomic E-state index is 0.610. The minimum Gasteiger partial charge on any atom is -0.368 e. The smallest absolute Gasteiger partial charge is 0.0445 e. The zero-order valence-electron chi connectivity index (χ0n) is 13.4. The molecule has 0 radical (unpaired) electrons. The van der Waals surface area contributed by atoms with E-state index in [0.29, 0.717) is 6.04 Å². The second kappa shape index (κ2) is 7.07. The van der Waals surface area contributed by atoms with E-state index < -0.39 is 0 Å². The van der Waals surface area contributed by atoms with Crippen molar-refractivity contribution in [3.05, 3.63) is 24.0 Å². The lowest BCUT2D eigenvalue weighted by molar-refractivity contribution is 0.296. The molecule has 1 fully saturated rings. The lowest BCUT2D eigenvalue weighted by atomic mass is 9.85. The third-order valence-corrected chi connectivity index (χ3v) is 4.53. The zero-order chi connectivity index (χ0) is 14.5. The maximum absolute atomic E-state index is 4.32. The summed E-state index contributed by atoms with van der Waals surface area (Å²) in [5, 5.41) is 3.50. The van der Waals surface area contributed by atoms with Crippen LogP contribution < -0.4 is 10.2 Å². The summed E-state index contributed by atoms with van der Waals surface area (Å²) in [5.74, 6) is 1.52. The molecule has 3 heteroatoms. The second-order valence-corrected chi connectivity index (χ2v) is 6.39. The first-order chi connectivity index (χ1) is 9.63. The molecule has 2 rings (SSSR count). The van der Waals surface area contributed by atoms with Crippen LogP contribution in [0.5, 0.6) is 0 Å². The Balaban J connectivity index is 2.17. The third kappa shape index (κ3) is 3.51. The van der Waals surface area contributed by atoms with Gasteiger partial charge in [-0.15, -0.1) is 0 Å². The average Bonchev–Trinajstić information content (AvgIpc) is 2.44. The predicted molar refractivity (Wildman–Crippen MR) is 86.0 cm³/mol. The first-order valence-electron chi connectivity index (χ1n) is 8.03. The van der Waals surface area contributed by atoms with Crippen LogP contribution in [0.25, 0.3) is 0 Å². The Morgan fingerprint density at radius 3 is 2.90 bits per heavy atom. The molecule has 0 bridgehead atoms. The van der Waals surface area contributed by atoms with Gasteiger partial charge in [-0.1, -0.05) is 20.8 Å². The molecule has 0 aliphatic carbocycles. The fourth-order valence-electron chi connectivity index (χ4n) is 3.27. The summed E-state index contributed by atoms with van der Waals surface area (Å²) in [6.07, 6.45) is 6.46. The van der Waals surface area contributed by atoms with Gasteiger partial charge in [0.05, 0.1) is 0 Å². The Labute approximate surface area is 123 Å². The fourth-order valence-corrected chi connectivity index (χ4v) is 3.27. The van der Waals surface area contributed by atoms with Crippen molar-refractivity contribution in [3.8, 4) is 0 Å². The van der Waals surface area contributed by atoms with E-state index >= 15 is 0 Å². The third-order valence-electron chi connectivity index (χ3n) is 4.53. The zero-order valence-corrected chi connectivity index (χ0v) is 13.4. The Kier molecular flexibility index (Phi) is 5.41. The number of nitrogens with one attached hydrogen (secondary N) is 1. The summed E-state index contributed by atoms with van der Waals surface area (Å²) in [4.78, 5) is 6.90. The summed E-state index contributed by atoms with van der Waals surface area (Å²) in [7, 11) is 0. The Morgan fingerprint density at radius 1 is 1.35 bits per heavy atom. The number of nitrogens with zero attached hydrogens (tertiary/aromatic N) is 2. The first-order valence-corrected chi connectivity index (χ1v) is 8.03. The van der Waals surface area contributed by atoms with Gasteiger partial charge in [-0.3, -0.25) is 4.98 Å². The van der Waals surface area contributed by atoms with E-state index in [9.17, 15) is 0 Å². The van der Waals surface area contributed by atoms with Gasteiger partial charge in [0.1, 0.15) is 0 Å². The first kappa shape index (κ1) is 15.3. The van der Waals surface area contributed by atoms with Crippen LogP contribution in [-0.2, 0) is 6.54 Å². The van der Waals surface area contributed by atoms with Crippen LogP contribution in [0.1, 0.15) is 46.1 Å². The number of hydrogen-bond acceptors (Lipinski definition) is 3. The van der Waals surface area contributed by atoms with E-state index in [0.717, 1.165) is 31.5 Å². The number of anilines is 1. The van der Waals surface area contributed by atoms with Crippen molar-refractivity contribution in [1.82, 2.24) is 10.3 Å². The summed E-state index contributed by atoms with van der Waals surface area (Å²) in [6, 6.07) is 2.79. The monoisotopic (exact) mass is 275 g/mol. The highest BCUT2D eigenvalue weighted by molar-refractivity contribution is 5.53. The molecule has 0 spiro atoms. The topological polar surface area (TPSA) is 28.2 Å². The lowest BCUT2D eigenvalue weighted by Crippen LogP contribution is -2.46. The van der Waals surface area contributed by atoms with Gasteiger partial charge in [-0.05, 0) is 44.2 Å². The minimum atomic E-state index is 0.610. The van der Waals surface area contributed by atoms with Gasteiger partial charge in [0, 0.05) is 42.8 Å². The molecule has 1 aromatic rings. The number of hydrogen-bond donors (Lipinski definition) is 1. The van der Waals surface area contributed by atoms with Crippen LogP contribution in [0.2, 0.25) is 0 Å². The van der Waals surface area contributed by atoms with E-state index in [1.54, 1.807) is 0 Å². The van der Waals surface area contributed by atoms with Crippen LogP contribution in [0, 0.1) is 11.8 Å². The Morgan fingerprint density at radius 2 is 2.15 bits per heavy atom. The van der Waals surface area contributed by atoms with Crippen LogP contribution >= 0.6 is 0 Å². The summed E-state index contributed by atoms with van der Waals surface area (Å²) >= 11 is 0. The molecule has 112 valence electrons. The molecule has 2 heterocycles. The Hall–Kier alpha value is -1.09. The quantitative estimate of drug-likeness (QED) is 0.834. The van der Waals surface area contributed by atoms with Crippen LogP contribution in [0.15, 0.2) is 18.5 Å². The summed E-state index contributed by atoms with van der Waals surface area (Å²) < 4.78 is 0. The highest BCUT2D eigenvalue weighted by Crippen LogP contribution is 2.32. The molecular weight excluding hydrogens is 246 g/mol. The molecule has 1 aromatic heterocycles. The highest BCUT2D eigenvalue weighted by atomic mass is 15.2. The lowest BCUT2D eigenvalue weighted by Gasteiger charge is -2.43. The van der Waals surface area contributed by atoms with Crippen molar-refractivity contribution in [1.29, 1.82) is 0 Å². The Bertz CT molecular complexity index is 418. The fraction of sp³-hybridized carbons (Fsp3) is 0.706. The molecule has 0 aromatic carbocycles. The van der Waals surface area contributed by atoms with Gasteiger partial charge in [0.25, 0.3) is 0 Å². The van der Waals surface area contributed by atoms with Gasteiger partial charge < -0.3 is 10.2 Å². The maximum Gasteiger partial charge on any atom is 0.0445 e. The summed E-state index contributed by atoms with van der Waals surface area (Å²) in [5.41, 5.74) is 2.70. The molecule has 1 aliphatic heterocycles. The molecule has 0 amide bonds. The van der Waals surface area contributed by atoms with Crippen LogP contribution in [0.4, 0.5) is 5.69 Å². The maximum atomic E-state index is 4.32. The van der Waals surface area contributed by atoms with Crippen LogP contribution in [0.3, 0.4) is 0 Å². The molecule has 1 aliphatic rings. The highest BCUT2D eigenvalue weighted by Gasteiger charge is 2.29. The largest absolute Gasteiger partial charge is 0.368 e. The molecule has 20 heavy (non-hydrogen) atoms. The van der Waals surface area contributed by atoms with Gasteiger partial charge in [0.15, 0.2) is 0 Å². The number of pyridine rings is 1. The number of rotatable bonds is 5. The molecule has 3 atom stereocenters. The van der Waals surface area contributed by atoms with Crippen molar-refractivity contribution in [2.45, 2.75) is 53.1 Å². The summed E-state index contributed by atoms with van der Waals surface area (Å²) in [6.45, 7) is 12.5. The van der Waals surface area contributed by atoms with Gasteiger partial charge in [-0.2, -0.15) is 0 Å². The van der Waals surface area contributed by atoms with Gasteiger partial charge in [-0.25, -0.2) is 0 Å². The average molecular weight is 275 g/mol. The van der Waals surface area contributed by atoms with Gasteiger partial charge in [0.2, 0.25) is 0 Å². The van der Waals surface area contributed by atoms with E-state index in [1.165, 1.54) is 24.1 Å². The van der Waals surface area contributed by atoms with E-state index in [-0.39, 0.29) is 0 Å². The van der Waals surface area contributed by atoms with E-state index in [2.05, 4.69) is 49.0 Å². The molecule has 1 N–H and O–H groups in total. The van der Waals surface area contributed by atoms with E-state index in [1.807, 2.05) is 12.4 Å². The molecule has 1 saturated heterocycles. The molecule has 3 unspecified atom stereocenters. The molecule has 0 saturated carbocycles. The van der Waals surface area contributed by atoms with Crippen molar-refractivity contribution in [3.63, 3.8) is 0 Å². The number of piperidine rings is 1. The normalized spacial score (nSPS) is 26.8. The van der Waals surface area contributed by atoms with Gasteiger partial charge >= 0.3 is 0 Å². The second-order valence-electron chi connectivity index (χ2n) is 6.39. The standard InChI is InChI=1S/C17H29N3/c1-5-7-18-10-16-11-19-8-6-17(16)20-12-13(2)9-14(3)15(20)4/h6,8,11,13-15,18H,5,7,9-10,12H2,1-4H3. The van der Waals surface area contributed by atoms with Crippen molar-refractivity contribution >= 4 is 5.69 Å². The van der Waals surface area contributed by atoms with E-state index in [4.69, 9.17) is 0 Å². The SMILES string of the molecule is CCCNCc1cnccc1N1CC(C)CC(C)C1C. The van der Waals surface area contributed by atoms with Crippen molar-refractivity contribution in [2.24, 2.45) is 11.8 Å². The van der Waals surface area contributed by atoms with Crippen molar-refractivity contribution < 1.29 is 0 Å². The molecule has 3 nitrogen and oxygen atoms in total. The predicted octanol–water partition coefficient (Wildman–Crippen LogP) is 3.45. The van der Waals surface area contributed by atoms with Crippen LogP contribution in [-0.4, -0.2) is 24.1 Å². The number of aromatic nitrogens is 1. The van der Waals surface area contributed by atoms with Crippen molar-refractivity contribution in [2.75, 3.05) is 18.0 Å². The molecular formula is C17H29N3.